The Morgan fingerprint density at radius 3 is 2.50 bits per heavy atom. The largest absolute Gasteiger partial charge is 0.350 e. The van der Waals surface area contributed by atoms with Gasteiger partial charge < -0.3 is 11.1 Å². The van der Waals surface area contributed by atoms with Crippen LogP contribution in [-0.2, 0) is 0 Å². The second-order valence-corrected chi connectivity index (χ2v) is 3.92. The van der Waals surface area contributed by atoms with Crippen molar-refractivity contribution >= 4 is 18.4 Å². The maximum absolute atomic E-state index is 12.6. The number of hydrogen-bond acceptors (Lipinski definition) is 4. The van der Waals surface area contributed by atoms with Gasteiger partial charge in [0.15, 0.2) is 5.82 Å². The molecule has 16 heavy (non-hydrogen) atoms. The predicted molar refractivity (Wildman–Crippen MR) is 63.1 cm³/mol. The van der Waals surface area contributed by atoms with E-state index in [0.717, 1.165) is 25.2 Å². The molecule has 2 unspecified atom stereocenters. The minimum Gasteiger partial charge on any atom is -0.350 e. The standard InChI is InChI=1S/C10H15FN4.ClH/c11-7-5-13-10(14-6-7)15-9-4-2-1-3-8(9)12;/h5-6,8-9H,1-4,12H2,(H,13,14,15);1H. The van der Waals surface area contributed by atoms with Crippen LogP contribution < -0.4 is 11.1 Å². The average molecular weight is 247 g/mol. The summed E-state index contributed by atoms with van der Waals surface area (Å²) in [4.78, 5) is 7.71. The van der Waals surface area contributed by atoms with Gasteiger partial charge in [-0.3, -0.25) is 0 Å². The van der Waals surface area contributed by atoms with Crippen LogP contribution in [0, 0.1) is 5.82 Å². The predicted octanol–water partition coefficient (Wildman–Crippen LogP) is 1.72. The Balaban J connectivity index is 0.00000128. The summed E-state index contributed by atoms with van der Waals surface area (Å²) in [6.07, 6.45) is 6.73. The zero-order valence-corrected chi connectivity index (χ0v) is 9.71. The quantitative estimate of drug-likeness (QED) is 0.834. The first-order valence-electron chi connectivity index (χ1n) is 5.25. The molecule has 3 N–H and O–H groups in total. The normalized spacial score (nSPS) is 24.6. The lowest BCUT2D eigenvalue weighted by molar-refractivity contribution is 0.402. The highest BCUT2D eigenvalue weighted by Gasteiger charge is 2.21. The van der Waals surface area contributed by atoms with Crippen molar-refractivity contribution in [3.05, 3.63) is 18.2 Å². The summed E-state index contributed by atoms with van der Waals surface area (Å²) < 4.78 is 12.6. The monoisotopic (exact) mass is 246 g/mol. The molecule has 1 aromatic heterocycles. The lowest BCUT2D eigenvalue weighted by Gasteiger charge is -2.29. The fourth-order valence-corrected chi connectivity index (χ4v) is 1.89. The Kier molecular flexibility index (Phi) is 4.89. The molecule has 1 heterocycles. The Morgan fingerprint density at radius 1 is 1.25 bits per heavy atom. The van der Waals surface area contributed by atoms with Crippen molar-refractivity contribution in [3.63, 3.8) is 0 Å². The van der Waals surface area contributed by atoms with Gasteiger partial charge in [-0.2, -0.15) is 0 Å². The molecule has 0 bridgehead atoms. The SMILES string of the molecule is Cl.NC1CCCCC1Nc1ncc(F)cn1. The van der Waals surface area contributed by atoms with Crippen LogP contribution in [0.1, 0.15) is 25.7 Å². The first-order valence-corrected chi connectivity index (χ1v) is 5.25. The summed E-state index contributed by atoms with van der Waals surface area (Å²) in [7, 11) is 0. The van der Waals surface area contributed by atoms with Gasteiger partial charge in [-0.05, 0) is 12.8 Å². The van der Waals surface area contributed by atoms with Gasteiger partial charge in [0.25, 0.3) is 0 Å². The topological polar surface area (TPSA) is 63.8 Å². The summed E-state index contributed by atoms with van der Waals surface area (Å²) >= 11 is 0. The first kappa shape index (κ1) is 13.1. The van der Waals surface area contributed by atoms with E-state index in [1.165, 1.54) is 12.8 Å². The van der Waals surface area contributed by atoms with Crippen molar-refractivity contribution in [2.75, 3.05) is 5.32 Å². The number of aromatic nitrogens is 2. The fourth-order valence-electron chi connectivity index (χ4n) is 1.89. The van der Waals surface area contributed by atoms with E-state index >= 15 is 0 Å². The summed E-state index contributed by atoms with van der Waals surface area (Å²) in [6, 6.07) is 0.358. The summed E-state index contributed by atoms with van der Waals surface area (Å²) in [5.41, 5.74) is 5.96. The third kappa shape index (κ3) is 3.28. The van der Waals surface area contributed by atoms with Crippen LogP contribution in [0.25, 0.3) is 0 Å². The van der Waals surface area contributed by atoms with E-state index in [9.17, 15) is 4.39 Å². The van der Waals surface area contributed by atoms with Crippen LogP contribution >= 0.6 is 12.4 Å². The highest BCUT2D eigenvalue weighted by Crippen LogP contribution is 2.19. The number of rotatable bonds is 2. The van der Waals surface area contributed by atoms with Crippen molar-refractivity contribution in [3.8, 4) is 0 Å². The molecule has 4 nitrogen and oxygen atoms in total. The van der Waals surface area contributed by atoms with Crippen molar-refractivity contribution in [1.82, 2.24) is 9.97 Å². The van der Waals surface area contributed by atoms with Gasteiger partial charge in [0, 0.05) is 12.1 Å². The number of hydrogen-bond donors (Lipinski definition) is 2. The Bertz CT molecular complexity index is 319. The van der Waals surface area contributed by atoms with Gasteiger partial charge in [0.1, 0.15) is 0 Å². The summed E-state index contributed by atoms with van der Waals surface area (Å²) in [5.74, 6) is 0.0345. The van der Waals surface area contributed by atoms with Gasteiger partial charge in [-0.15, -0.1) is 12.4 Å². The minimum absolute atomic E-state index is 0. The molecular formula is C10H16ClFN4. The second kappa shape index (κ2) is 5.96. The van der Waals surface area contributed by atoms with Crippen LogP contribution in [-0.4, -0.2) is 22.1 Å². The minimum atomic E-state index is -0.423. The number of nitrogens with two attached hydrogens (primary N) is 1. The van der Waals surface area contributed by atoms with Gasteiger partial charge in [-0.1, -0.05) is 12.8 Å². The zero-order valence-electron chi connectivity index (χ0n) is 8.90. The molecule has 1 aliphatic rings. The number of nitrogens with zero attached hydrogens (tertiary/aromatic N) is 2. The molecule has 0 aromatic carbocycles. The highest BCUT2D eigenvalue weighted by molar-refractivity contribution is 5.85. The second-order valence-electron chi connectivity index (χ2n) is 3.92. The molecule has 1 saturated carbocycles. The van der Waals surface area contributed by atoms with Crippen molar-refractivity contribution in [2.24, 2.45) is 5.73 Å². The third-order valence-corrected chi connectivity index (χ3v) is 2.75. The number of nitrogens with one attached hydrogen (secondary N) is 1. The Hall–Kier alpha value is -0.940. The smallest absolute Gasteiger partial charge is 0.223 e. The molecule has 1 fully saturated rings. The van der Waals surface area contributed by atoms with Crippen LogP contribution in [0.15, 0.2) is 12.4 Å². The number of halogens is 2. The van der Waals surface area contributed by atoms with Crippen LogP contribution in [0.3, 0.4) is 0 Å². The van der Waals surface area contributed by atoms with Gasteiger partial charge in [-0.25, -0.2) is 14.4 Å². The van der Waals surface area contributed by atoms with E-state index in [1.807, 2.05) is 0 Å². The maximum atomic E-state index is 12.6. The molecule has 0 radical (unpaired) electrons. The molecule has 0 saturated heterocycles. The molecule has 0 spiro atoms. The van der Waals surface area contributed by atoms with Gasteiger partial charge in [0.05, 0.1) is 12.4 Å². The van der Waals surface area contributed by atoms with Crippen LogP contribution in [0.4, 0.5) is 10.3 Å². The van der Waals surface area contributed by atoms with E-state index in [1.54, 1.807) is 0 Å². The Labute approximate surface area is 100 Å². The molecule has 0 amide bonds. The van der Waals surface area contributed by atoms with E-state index in [-0.39, 0.29) is 24.5 Å². The fraction of sp³-hybridized carbons (Fsp3) is 0.600. The summed E-state index contributed by atoms with van der Waals surface area (Å²) in [5, 5.41) is 3.14. The van der Waals surface area contributed by atoms with E-state index in [0.29, 0.717) is 5.95 Å². The van der Waals surface area contributed by atoms with E-state index in [4.69, 9.17) is 5.73 Å². The van der Waals surface area contributed by atoms with Crippen LogP contribution in [0.2, 0.25) is 0 Å². The van der Waals surface area contributed by atoms with Crippen molar-refractivity contribution < 1.29 is 4.39 Å². The summed E-state index contributed by atoms with van der Waals surface area (Å²) in [6.45, 7) is 0. The van der Waals surface area contributed by atoms with Crippen LogP contribution in [0.5, 0.6) is 0 Å². The van der Waals surface area contributed by atoms with Crippen molar-refractivity contribution in [1.29, 1.82) is 0 Å². The van der Waals surface area contributed by atoms with Gasteiger partial charge in [0.2, 0.25) is 5.95 Å². The van der Waals surface area contributed by atoms with Gasteiger partial charge >= 0.3 is 0 Å². The lowest BCUT2D eigenvalue weighted by Crippen LogP contribution is -2.42. The Morgan fingerprint density at radius 2 is 1.88 bits per heavy atom. The van der Waals surface area contributed by atoms with Crippen molar-refractivity contribution in [2.45, 2.75) is 37.8 Å². The average Bonchev–Trinajstić information content (AvgIpc) is 2.25. The van der Waals surface area contributed by atoms with E-state index in [2.05, 4.69) is 15.3 Å². The molecule has 90 valence electrons. The third-order valence-electron chi connectivity index (χ3n) is 2.75. The molecule has 2 atom stereocenters. The molecular weight excluding hydrogens is 231 g/mol. The first-order chi connectivity index (χ1) is 7.25. The number of anilines is 1. The lowest BCUT2D eigenvalue weighted by atomic mass is 9.91. The van der Waals surface area contributed by atoms with E-state index < -0.39 is 5.82 Å². The molecule has 6 heteroatoms. The molecule has 0 aliphatic heterocycles. The molecule has 1 aromatic rings. The molecule has 1 aliphatic carbocycles. The maximum Gasteiger partial charge on any atom is 0.223 e. The highest BCUT2D eigenvalue weighted by atomic mass is 35.5. The molecule has 2 rings (SSSR count). The zero-order chi connectivity index (χ0) is 10.7.